The standard InChI is InChI=1S/C24H32F5N5O4/c1-12(2)8-17(33-22(38)24(27,28)29)21(37)34-15-5-6-16(23(25,26)10-15)18(34)20(36)32-14(11-30)9-13-4-3-7-31-19(13)35/h12-18H,3-10H2,1-2H3,(H,31,35)(H,32,36)(H,33,38)/t13-,14-,15+,16+,17+,18-/m1/s1. The maximum Gasteiger partial charge on any atom is 0.471 e. The van der Waals surface area contributed by atoms with Gasteiger partial charge in [-0.25, -0.2) is 8.78 Å². The SMILES string of the molecule is CC(C)C[C@H](NC(=O)C(F)(F)F)C(=O)N1[C@H]2CC[C@@H]([C@@H]1C(=O)N[C@@H](C#N)C[C@H]1CCCNC1=O)C(F)(F)C2. The predicted molar refractivity (Wildman–Crippen MR) is 122 cm³/mol. The molecule has 6 atom stereocenters. The van der Waals surface area contributed by atoms with E-state index in [-0.39, 0.29) is 37.5 Å². The van der Waals surface area contributed by atoms with Crippen molar-refractivity contribution in [3.05, 3.63) is 0 Å². The minimum absolute atomic E-state index is 0.0587. The Morgan fingerprint density at radius 3 is 2.42 bits per heavy atom. The lowest BCUT2D eigenvalue weighted by molar-refractivity contribution is -0.196. The second-order valence-corrected chi connectivity index (χ2v) is 10.7. The molecule has 4 aliphatic rings. The lowest BCUT2D eigenvalue weighted by atomic mass is 9.71. The van der Waals surface area contributed by atoms with Gasteiger partial charge in [-0.3, -0.25) is 19.2 Å². The zero-order chi connectivity index (χ0) is 28.4. The van der Waals surface area contributed by atoms with Gasteiger partial charge in [0.05, 0.1) is 12.0 Å². The Bertz CT molecular complexity index is 982. The molecule has 4 rings (SSSR count). The molecular weight excluding hydrogens is 517 g/mol. The summed E-state index contributed by atoms with van der Waals surface area (Å²) in [6.45, 7) is 3.71. The van der Waals surface area contributed by atoms with Gasteiger partial charge in [0, 0.05) is 24.9 Å². The number of carbonyl (C=O) groups is 4. The summed E-state index contributed by atoms with van der Waals surface area (Å²) in [6, 6.07) is -3.93. The van der Waals surface area contributed by atoms with Crippen molar-refractivity contribution in [3.8, 4) is 6.07 Å². The molecule has 3 heterocycles. The van der Waals surface area contributed by atoms with Crippen LogP contribution in [-0.2, 0) is 19.2 Å². The molecule has 0 aromatic heterocycles. The molecule has 0 radical (unpaired) electrons. The fraction of sp³-hybridized carbons (Fsp3) is 0.792. The number of hydrogen-bond donors (Lipinski definition) is 3. The first-order valence-electron chi connectivity index (χ1n) is 12.7. The molecule has 1 saturated carbocycles. The first-order valence-corrected chi connectivity index (χ1v) is 12.7. The van der Waals surface area contributed by atoms with E-state index in [0.29, 0.717) is 19.4 Å². The lowest BCUT2D eigenvalue weighted by Gasteiger charge is -2.54. The molecule has 0 aromatic rings. The molecule has 0 aromatic carbocycles. The fourth-order valence-corrected chi connectivity index (χ4v) is 5.68. The highest BCUT2D eigenvalue weighted by molar-refractivity contribution is 5.94. The number of carbonyl (C=O) groups excluding carboxylic acids is 4. The third-order valence-corrected chi connectivity index (χ3v) is 7.42. The number of piperidine rings is 3. The number of rotatable bonds is 8. The van der Waals surface area contributed by atoms with Crippen LogP contribution in [0.4, 0.5) is 22.0 Å². The van der Waals surface area contributed by atoms with Crippen molar-refractivity contribution >= 4 is 23.6 Å². The molecule has 4 fully saturated rings. The van der Waals surface area contributed by atoms with E-state index in [1.807, 2.05) is 6.07 Å². The highest BCUT2D eigenvalue weighted by Gasteiger charge is 2.61. The van der Waals surface area contributed by atoms with Gasteiger partial charge in [-0.05, 0) is 44.4 Å². The maximum atomic E-state index is 14.9. The summed E-state index contributed by atoms with van der Waals surface area (Å²) >= 11 is 0. The average Bonchev–Trinajstić information content (AvgIpc) is 2.82. The normalized spacial score (nSPS) is 28.2. The molecule has 0 unspecified atom stereocenters. The molecule has 9 nitrogen and oxygen atoms in total. The monoisotopic (exact) mass is 549 g/mol. The van der Waals surface area contributed by atoms with Gasteiger partial charge >= 0.3 is 12.1 Å². The van der Waals surface area contributed by atoms with Crippen molar-refractivity contribution in [2.24, 2.45) is 17.8 Å². The van der Waals surface area contributed by atoms with Crippen molar-refractivity contribution in [1.82, 2.24) is 20.9 Å². The Hall–Kier alpha value is -2.98. The van der Waals surface area contributed by atoms with Crippen molar-refractivity contribution in [2.75, 3.05) is 6.54 Å². The minimum Gasteiger partial charge on any atom is -0.356 e. The lowest BCUT2D eigenvalue weighted by Crippen LogP contribution is -2.71. The number of halogens is 5. The van der Waals surface area contributed by atoms with Gasteiger partial charge < -0.3 is 20.9 Å². The van der Waals surface area contributed by atoms with Crippen molar-refractivity contribution < 1.29 is 41.1 Å². The quantitative estimate of drug-likeness (QED) is 0.399. The topological polar surface area (TPSA) is 131 Å². The molecule has 3 N–H and O–H groups in total. The molecule has 2 bridgehead atoms. The van der Waals surface area contributed by atoms with Crippen LogP contribution in [0.15, 0.2) is 0 Å². The Kier molecular flexibility index (Phi) is 8.88. The summed E-state index contributed by atoms with van der Waals surface area (Å²) < 4.78 is 68.7. The summed E-state index contributed by atoms with van der Waals surface area (Å²) in [7, 11) is 0. The molecule has 212 valence electrons. The summed E-state index contributed by atoms with van der Waals surface area (Å²) in [4.78, 5) is 51.5. The number of alkyl halides is 5. The third kappa shape index (κ3) is 6.53. The Labute approximate surface area is 216 Å². The van der Waals surface area contributed by atoms with Crippen LogP contribution in [0, 0.1) is 29.1 Å². The van der Waals surface area contributed by atoms with Gasteiger partial charge in [0.25, 0.3) is 5.92 Å². The average molecular weight is 550 g/mol. The van der Waals surface area contributed by atoms with E-state index in [2.05, 4.69) is 10.6 Å². The molecule has 0 spiro atoms. The van der Waals surface area contributed by atoms with E-state index >= 15 is 0 Å². The summed E-state index contributed by atoms with van der Waals surface area (Å²) in [6.07, 6.45) is -5.15. The largest absolute Gasteiger partial charge is 0.471 e. The highest BCUT2D eigenvalue weighted by atomic mass is 19.4. The Balaban J connectivity index is 1.87. The van der Waals surface area contributed by atoms with E-state index in [1.165, 1.54) is 0 Å². The smallest absolute Gasteiger partial charge is 0.356 e. The first-order chi connectivity index (χ1) is 17.7. The molecule has 1 aliphatic carbocycles. The van der Waals surface area contributed by atoms with Crippen molar-refractivity contribution in [1.29, 1.82) is 5.26 Å². The molecular formula is C24H32F5N5O4. The first kappa shape index (κ1) is 29.6. The molecule has 3 aliphatic heterocycles. The number of hydrogen-bond acceptors (Lipinski definition) is 5. The maximum absolute atomic E-state index is 14.9. The van der Waals surface area contributed by atoms with Crippen LogP contribution >= 0.6 is 0 Å². The number of nitrogens with one attached hydrogen (secondary N) is 3. The second kappa shape index (κ2) is 11.4. The van der Waals surface area contributed by atoms with Gasteiger partial charge in [0.15, 0.2) is 0 Å². The summed E-state index contributed by atoms with van der Waals surface area (Å²) in [5, 5.41) is 16.3. The van der Waals surface area contributed by atoms with Crippen LogP contribution < -0.4 is 16.0 Å². The van der Waals surface area contributed by atoms with Crippen LogP contribution in [0.1, 0.15) is 58.8 Å². The van der Waals surface area contributed by atoms with Crippen LogP contribution in [0.2, 0.25) is 0 Å². The van der Waals surface area contributed by atoms with Crippen molar-refractivity contribution in [3.63, 3.8) is 0 Å². The van der Waals surface area contributed by atoms with Crippen LogP contribution in [-0.4, -0.2) is 71.3 Å². The Morgan fingerprint density at radius 1 is 1.18 bits per heavy atom. The second-order valence-electron chi connectivity index (χ2n) is 10.7. The van der Waals surface area contributed by atoms with Gasteiger partial charge in [0.1, 0.15) is 18.1 Å². The van der Waals surface area contributed by atoms with E-state index < -0.39 is 72.2 Å². The van der Waals surface area contributed by atoms with Crippen LogP contribution in [0.5, 0.6) is 0 Å². The summed E-state index contributed by atoms with van der Waals surface area (Å²) in [5.41, 5.74) is 0. The van der Waals surface area contributed by atoms with Gasteiger partial charge in [-0.2, -0.15) is 18.4 Å². The zero-order valence-corrected chi connectivity index (χ0v) is 21.1. The van der Waals surface area contributed by atoms with Gasteiger partial charge in [-0.15, -0.1) is 0 Å². The number of amides is 4. The van der Waals surface area contributed by atoms with Crippen LogP contribution in [0.25, 0.3) is 0 Å². The van der Waals surface area contributed by atoms with E-state index in [9.17, 15) is 46.4 Å². The molecule has 38 heavy (non-hydrogen) atoms. The number of nitrogens with zero attached hydrogens (tertiary/aromatic N) is 2. The molecule has 14 heteroatoms. The number of nitriles is 1. The minimum atomic E-state index is -5.27. The van der Waals surface area contributed by atoms with E-state index in [1.54, 1.807) is 19.2 Å². The predicted octanol–water partition coefficient (Wildman–Crippen LogP) is 2.02. The third-order valence-electron chi connectivity index (χ3n) is 7.42. The molecule has 3 saturated heterocycles. The number of fused-ring (bicyclic) bond motifs is 3. The van der Waals surface area contributed by atoms with Gasteiger partial charge in [0.2, 0.25) is 17.7 Å². The zero-order valence-electron chi connectivity index (χ0n) is 21.1. The molecule has 4 amide bonds. The van der Waals surface area contributed by atoms with E-state index in [0.717, 1.165) is 4.90 Å². The summed E-state index contributed by atoms with van der Waals surface area (Å²) in [5.74, 6) is -10.6. The fourth-order valence-electron chi connectivity index (χ4n) is 5.68. The van der Waals surface area contributed by atoms with Crippen LogP contribution in [0.3, 0.4) is 0 Å². The van der Waals surface area contributed by atoms with E-state index in [4.69, 9.17) is 0 Å². The Morgan fingerprint density at radius 2 is 1.87 bits per heavy atom. The van der Waals surface area contributed by atoms with Crippen molar-refractivity contribution in [2.45, 2.75) is 95.1 Å². The highest BCUT2D eigenvalue weighted by Crippen LogP contribution is 2.49. The van der Waals surface area contributed by atoms with Gasteiger partial charge in [-0.1, -0.05) is 13.8 Å².